The van der Waals surface area contributed by atoms with Crippen molar-refractivity contribution in [2.45, 2.75) is 13.0 Å². The molecule has 0 fully saturated rings. The Bertz CT molecular complexity index is 997. The third kappa shape index (κ3) is 3.24. The topological polar surface area (TPSA) is 59.9 Å². The minimum atomic E-state index is -0.724. The van der Waals surface area contributed by atoms with Gasteiger partial charge in [0.15, 0.2) is 11.5 Å². The van der Waals surface area contributed by atoms with Crippen molar-refractivity contribution in [1.82, 2.24) is 5.43 Å². The van der Waals surface area contributed by atoms with E-state index in [-0.39, 0.29) is 12.5 Å². The average molecular weight is 346 g/mol. The number of carbonyl (C=O) groups excluding carboxylic acids is 1. The van der Waals surface area contributed by atoms with Gasteiger partial charge in [0.05, 0.1) is 5.71 Å². The van der Waals surface area contributed by atoms with Crippen LogP contribution in [-0.2, 0) is 4.79 Å². The van der Waals surface area contributed by atoms with Gasteiger partial charge in [0, 0.05) is 0 Å². The van der Waals surface area contributed by atoms with E-state index in [1.165, 1.54) is 5.39 Å². The van der Waals surface area contributed by atoms with Crippen molar-refractivity contribution in [2.75, 3.05) is 6.61 Å². The lowest BCUT2D eigenvalue weighted by molar-refractivity contribution is -0.130. The number of rotatable bonds is 3. The van der Waals surface area contributed by atoms with Crippen LogP contribution in [0.15, 0.2) is 71.8 Å². The number of hydrogen-bond donors (Lipinski definition) is 1. The zero-order chi connectivity index (χ0) is 17.9. The number of nitrogens with one attached hydrogen (secondary N) is 1. The Morgan fingerprint density at radius 2 is 1.73 bits per heavy atom. The van der Waals surface area contributed by atoms with E-state index in [0.29, 0.717) is 11.5 Å². The van der Waals surface area contributed by atoms with Gasteiger partial charge >= 0.3 is 0 Å². The summed E-state index contributed by atoms with van der Waals surface area (Å²) < 4.78 is 11.2. The molecular formula is C21H18N2O3. The van der Waals surface area contributed by atoms with E-state index in [1.807, 2.05) is 49.4 Å². The van der Waals surface area contributed by atoms with E-state index in [0.717, 1.165) is 16.7 Å². The molecule has 0 aromatic heterocycles. The second kappa shape index (κ2) is 6.88. The van der Waals surface area contributed by atoms with Crippen molar-refractivity contribution in [3.63, 3.8) is 0 Å². The molecule has 1 aliphatic rings. The lowest BCUT2D eigenvalue weighted by Gasteiger charge is -2.24. The SMILES string of the molecule is C/C(=N\NC(=O)[C@@H]1COc2ccccc2O1)c1ccc2ccccc2c1. The smallest absolute Gasteiger partial charge is 0.284 e. The van der Waals surface area contributed by atoms with Gasteiger partial charge in [-0.1, -0.05) is 48.5 Å². The Morgan fingerprint density at radius 3 is 2.58 bits per heavy atom. The number of ether oxygens (including phenoxy) is 2. The Labute approximate surface area is 151 Å². The van der Waals surface area contributed by atoms with Gasteiger partial charge in [0.2, 0.25) is 6.10 Å². The molecule has 0 aliphatic carbocycles. The summed E-state index contributed by atoms with van der Waals surface area (Å²) in [5, 5.41) is 6.51. The molecule has 0 spiro atoms. The summed E-state index contributed by atoms with van der Waals surface area (Å²) in [6, 6.07) is 21.5. The number of hydrogen-bond acceptors (Lipinski definition) is 4. The van der Waals surface area contributed by atoms with Crippen molar-refractivity contribution in [2.24, 2.45) is 5.10 Å². The molecule has 0 unspecified atom stereocenters. The summed E-state index contributed by atoms with van der Waals surface area (Å²) in [4.78, 5) is 12.3. The van der Waals surface area contributed by atoms with E-state index in [1.54, 1.807) is 6.07 Å². The monoisotopic (exact) mass is 346 g/mol. The Morgan fingerprint density at radius 1 is 1.00 bits per heavy atom. The molecule has 4 rings (SSSR count). The van der Waals surface area contributed by atoms with Gasteiger partial charge in [-0.3, -0.25) is 4.79 Å². The molecular weight excluding hydrogens is 328 g/mol. The van der Waals surface area contributed by atoms with Crippen molar-refractivity contribution < 1.29 is 14.3 Å². The Kier molecular flexibility index (Phi) is 4.27. The van der Waals surface area contributed by atoms with Crippen molar-refractivity contribution >= 4 is 22.4 Å². The fourth-order valence-corrected chi connectivity index (χ4v) is 2.84. The third-order valence-corrected chi connectivity index (χ3v) is 4.30. The maximum Gasteiger partial charge on any atom is 0.284 e. The van der Waals surface area contributed by atoms with Crippen LogP contribution >= 0.6 is 0 Å². The summed E-state index contributed by atoms with van der Waals surface area (Å²) >= 11 is 0. The summed E-state index contributed by atoms with van der Waals surface area (Å²) in [6.45, 7) is 2.02. The van der Waals surface area contributed by atoms with Gasteiger partial charge in [-0.05, 0) is 41.5 Å². The minimum absolute atomic E-state index is 0.160. The van der Waals surface area contributed by atoms with E-state index < -0.39 is 6.10 Å². The summed E-state index contributed by atoms with van der Waals surface area (Å²) in [5.41, 5.74) is 4.25. The molecule has 1 atom stereocenters. The number of hydrazone groups is 1. The molecule has 0 bridgehead atoms. The first-order valence-electron chi connectivity index (χ1n) is 8.42. The van der Waals surface area contributed by atoms with Crippen molar-refractivity contribution in [1.29, 1.82) is 0 Å². The molecule has 1 aliphatic heterocycles. The molecule has 26 heavy (non-hydrogen) atoms. The molecule has 1 amide bonds. The van der Waals surface area contributed by atoms with Gasteiger partial charge in [-0.25, -0.2) is 5.43 Å². The summed E-state index contributed by atoms with van der Waals surface area (Å²) in [5.74, 6) is 0.876. The summed E-state index contributed by atoms with van der Waals surface area (Å²) in [7, 11) is 0. The Hall–Kier alpha value is -3.34. The number of carbonyl (C=O) groups is 1. The molecule has 0 radical (unpaired) electrons. The maximum atomic E-state index is 12.3. The molecule has 0 saturated heterocycles. The second-order valence-corrected chi connectivity index (χ2v) is 6.10. The molecule has 1 heterocycles. The average Bonchev–Trinajstić information content (AvgIpc) is 2.71. The normalized spacial score (nSPS) is 16.3. The minimum Gasteiger partial charge on any atom is -0.485 e. The lowest BCUT2D eigenvalue weighted by Crippen LogP contribution is -2.42. The van der Waals surface area contributed by atoms with Gasteiger partial charge in [-0.2, -0.15) is 5.10 Å². The number of nitrogens with zero attached hydrogens (tertiary/aromatic N) is 1. The predicted molar refractivity (Wildman–Crippen MR) is 101 cm³/mol. The number of para-hydroxylation sites is 2. The fourth-order valence-electron chi connectivity index (χ4n) is 2.84. The highest BCUT2D eigenvalue weighted by atomic mass is 16.6. The van der Waals surface area contributed by atoms with Crippen molar-refractivity contribution in [3.05, 3.63) is 72.3 Å². The molecule has 5 nitrogen and oxygen atoms in total. The van der Waals surface area contributed by atoms with Crippen LogP contribution in [0.5, 0.6) is 11.5 Å². The first-order chi connectivity index (χ1) is 12.7. The summed E-state index contributed by atoms with van der Waals surface area (Å²) in [6.07, 6.45) is -0.724. The van der Waals surface area contributed by atoms with Crippen LogP contribution in [0.3, 0.4) is 0 Å². The number of fused-ring (bicyclic) bond motifs is 2. The molecule has 3 aromatic rings. The number of amides is 1. The van der Waals surface area contributed by atoms with Crippen LogP contribution in [0.4, 0.5) is 0 Å². The van der Waals surface area contributed by atoms with Crippen LogP contribution in [-0.4, -0.2) is 24.3 Å². The highest BCUT2D eigenvalue weighted by Crippen LogP contribution is 2.30. The van der Waals surface area contributed by atoms with E-state index >= 15 is 0 Å². The van der Waals surface area contributed by atoms with Gasteiger partial charge < -0.3 is 9.47 Å². The highest BCUT2D eigenvalue weighted by Gasteiger charge is 2.27. The molecule has 130 valence electrons. The van der Waals surface area contributed by atoms with E-state index in [4.69, 9.17) is 9.47 Å². The quantitative estimate of drug-likeness (QED) is 0.583. The standard InChI is InChI=1S/C21H18N2O3/c1-14(16-11-10-15-6-2-3-7-17(15)12-16)22-23-21(24)20-13-25-18-8-4-5-9-19(18)26-20/h2-12,20H,13H2,1H3,(H,23,24)/b22-14+/t20-/m0/s1. The van der Waals surface area contributed by atoms with Gasteiger partial charge in [0.25, 0.3) is 5.91 Å². The van der Waals surface area contributed by atoms with Crippen LogP contribution in [0.2, 0.25) is 0 Å². The molecule has 5 heteroatoms. The zero-order valence-corrected chi connectivity index (χ0v) is 14.3. The van der Waals surface area contributed by atoms with Gasteiger partial charge in [0.1, 0.15) is 6.61 Å². The van der Waals surface area contributed by atoms with Crippen LogP contribution in [0.1, 0.15) is 12.5 Å². The molecule has 1 N–H and O–H groups in total. The largest absolute Gasteiger partial charge is 0.485 e. The van der Waals surface area contributed by atoms with Gasteiger partial charge in [-0.15, -0.1) is 0 Å². The highest BCUT2D eigenvalue weighted by molar-refractivity contribution is 6.02. The predicted octanol–water partition coefficient (Wildman–Crippen LogP) is 3.52. The second-order valence-electron chi connectivity index (χ2n) is 6.10. The number of benzene rings is 3. The Balaban J connectivity index is 1.45. The van der Waals surface area contributed by atoms with E-state index in [9.17, 15) is 4.79 Å². The lowest BCUT2D eigenvalue weighted by atomic mass is 10.0. The fraction of sp³-hybridized carbons (Fsp3) is 0.143. The van der Waals surface area contributed by atoms with Crippen LogP contribution in [0, 0.1) is 0 Å². The van der Waals surface area contributed by atoms with Crippen LogP contribution < -0.4 is 14.9 Å². The first-order valence-corrected chi connectivity index (χ1v) is 8.42. The van der Waals surface area contributed by atoms with Crippen molar-refractivity contribution in [3.8, 4) is 11.5 Å². The van der Waals surface area contributed by atoms with E-state index in [2.05, 4.69) is 28.7 Å². The zero-order valence-electron chi connectivity index (χ0n) is 14.3. The van der Waals surface area contributed by atoms with Crippen LogP contribution in [0.25, 0.3) is 10.8 Å². The first kappa shape index (κ1) is 16.1. The molecule has 3 aromatic carbocycles. The molecule has 0 saturated carbocycles. The third-order valence-electron chi connectivity index (χ3n) is 4.30. The maximum absolute atomic E-state index is 12.3.